The molecule has 6 heteroatoms. The van der Waals surface area contributed by atoms with E-state index in [1.807, 2.05) is 24.3 Å². The van der Waals surface area contributed by atoms with Crippen LogP contribution >= 0.6 is 23.5 Å². The third-order valence-corrected chi connectivity index (χ3v) is 5.03. The Hall–Kier alpha value is -1.44. The van der Waals surface area contributed by atoms with E-state index >= 15 is 0 Å². The predicted molar refractivity (Wildman–Crippen MR) is 88.9 cm³/mol. The Morgan fingerprint density at radius 1 is 0.818 bits per heavy atom. The molecule has 0 N–H and O–H groups in total. The number of hydrogen-bond acceptors (Lipinski definition) is 6. The van der Waals surface area contributed by atoms with Crippen LogP contribution in [0.2, 0.25) is 0 Å². The van der Waals surface area contributed by atoms with Crippen molar-refractivity contribution in [3.05, 3.63) is 45.2 Å². The summed E-state index contributed by atoms with van der Waals surface area (Å²) in [4.78, 5) is 0.933. The van der Waals surface area contributed by atoms with Crippen molar-refractivity contribution in [3.63, 3.8) is 0 Å². The zero-order valence-corrected chi connectivity index (χ0v) is 13.7. The summed E-state index contributed by atoms with van der Waals surface area (Å²) in [6.45, 7) is 2.14. The maximum atomic E-state index is 9.16. The van der Waals surface area contributed by atoms with Gasteiger partial charge in [0.15, 0.2) is 0 Å². The van der Waals surface area contributed by atoms with Crippen molar-refractivity contribution in [2.24, 2.45) is 0 Å². The van der Waals surface area contributed by atoms with Gasteiger partial charge in [-0.15, -0.1) is 23.5 Å². The Morgan fingerprint density at radius 2 is 1.27 bits per heavy atom. The minimum Gasteiger partial charge on any atom is -0.376 e. The topological polar surface area (TPSA) is 66.0 Å². The number of benzene rings is 1. The van der Waals surface area contributed by atoms with Crippen LogP contribution < -0.4 is 0 Å². The summed E-state index contributed by atoms with van der Waals surface area (Å²) in [6, 6.07) is 12.3. The van der Waals surface area contributed by atoms with E-state index in [0.29, 0.717) is 47.7 Å². The van der Waals surface area contributed by atoms with Crippen LogP contribution in [0.25, 0.3) is 0 Å². The molecular weight excluding hydrogens is 316 g/mol. The second kappa shape index (κ2) is 9.55. The highest BCUT2D eigenvalue weighted by Crippen LogP contribution is 2.27. The van der Waals surface area contributed by atoms with Gasteiger partial charge in [-0.1, -0.05) is 24.3 Å². The molecule has 0 fully saturated rings. The lowest BCUT2D eigenvalue weighted by Gasteiger charge is -2.12. The molecule has 0 spiro atoms. The zero-order chi connectivity index (χ0) is 15.6. The number of thioether (sulfide) groups is 2. The summed E-state index contributed by atoms with van der Waals surface area (Å²) < 4.78 is 11.3. The highest BCUT2D eigenvalue weighted by molar-refractivity contribution is 8.07. The van der Waals surface area contributed by atoms with Crippen LogP contribution in [0.4, 0.5) is 0 Å². The summed E-state index contributed by atoms with van der Waals surface area (Å²) in [5.41, 5.74) is 2.26. The van der Waals surface area contributed by atoms with Crippen molar-refractivity contribution in [3.8, 4) is 12.1 Å². The molecule has 114 valence electrons. The van der Waals surface area contributed by atoms with E-state index in [4.69, 9.17) is 20.0 Å². The molecule has 1 aromatic rings. The molecule has 1 aromatic carbocycles. The van der Waals surface area contributed by atoms with Gasteiger partial charge < -0.3 is 9.47 Å². The van der Waals surface area contributed by atoms with Crippen LogP contribution in [-0.2, 0) is 22.7 Å². The summed E-state index contributed by atoms with van der Waals surface area (Å²) in [6.07, 6.45) is 0. The molecule has 0 saturated carbocycles. The van der Waals surface area contributed by atoms with Crippen molar-refractivity contribution in [2.45, 2.75) is 13.2 Å². The molecule has 0 saturated heterocycles. The molecule has 1 aliphatic heterocycles. The van der Waals surface area contributed by atoms with Gasteiger partial charge in [0.25, 0.3) is 0 Å². The van der Waals surface area contributed by atoms with Crippen LogP contribution in [-0.4, -0.2) is 24.7 Å². The lowest BCUT2D eigenvalue weighted by Crippen LogP contribution is -2.05. The first-order valence-electron chi connectivity index (χ1n) is 6.87. The summed E-state index contributed by atoms with van der Waals surface area (Å²) in [5, 5.41) is 18.3. The third kappa shape index (κ3) is 5.08. The number of ether oxygens (including phenoxy) is 2. The van der Waals surface area contributed by atoms with Gasteiger partial charge in [0.2, 0.25) is 0 Å². The molecule has 4 nitrogen and oxygen atoms in total. The monoisotopic (exact) mass is 332 g/mol. The number of fused-ring (bicyclic) bond motifs is 1. The lowest BCUT2D eigenvalue weighted by atomic mass is 10.1. The molecule has 0 unspecified atom stereocenters. The van der Waals surface area contributed by atoms with Gasteiger partial charge in [0.05, 0.1) is 26.4 Å². The molecule has 0 aliphatic carbocycles. The van der Waals surface area contributed by atoms with Crippen molar-refractivity contribution >= 4 is 23.5 Å². The number of nitriles is 2. The van der Waals surface area contributed by atoms with E-state index in [9.17, 15) is 0 Å². The average Bonchev–Trinajstić information content (AvgIpc) is 2.56. The SMILES string of the molecule is N#C/C1=C(\C#N)SCCOCc2ccccc2COCCS1. The first-order valence-corrected chi connectivity index (χ1v) is 8.84. The molecule has 0 radical (unpaired) electrons. The Bertz CT molecular complexity index is 564. The number of nitrogens with zero attached hydrogens (tertiary/aromatic N) is 2. The summed E-state index contributed by atoms with van der Waals surface area (Å²) in [7, 11) is 0. The highest BCUT2D eigenvalue weighted by atomic mass is 32.2. The van der Waals surface area contributed by atoms with E-state index in [1.165, 1.54) is 23.5 Å². The van der Waals surface area contributed by atoms with Crippen LogP contribution in [0.1, 0.15) is 11.1 Å². The fourth-order valence-corrected chi connectivity index (χ4v) is 3.55. The lowest BCUT2D eigenvalue weighted by molar-refractivity contribution is 0.122. The number of hydrogen-bond donors (Lipinski definition) is 0. The molecular formula is C16H16N2O2S2. The van der Waals surface area contributed by atoms with Gasteiger partial charge in [-0.2, -0.15) is 10.5 Å². The van der Waals surface area contributed by atoms with Gasteiger partial charge >= 0.3 is 0 Å². The molecule has 0 atom stereocenters. The average molecular weight is 332 g/mol. The molecule has 1 heterocycles. The van der Waals surface area contributed by atoms with Gasteiger partial charge in [-0.3, -0.25) is 0 Å². The summed E-state index contributed by atoms with van der Waals surface area (Å²) >= 11 is 2.74. The maximum Gasteiger partial charge on any atom is 0.109 e. The Morgan fingerprint density at radius 3 is 1.68 bits per heavy atom. The molecule has 0 aromatic heterocycles. The molecule has 0 bridgehead atoms. The van der Waals surface area contributed by atoms with E-state index in [2.05, 4.69) is 12.1 Å². The van der Waals surface area contributed by atoms with Gasteiger partial charge in [-0.05, 0) is 11.1 Å². The fourth-order valence-electron chi connectivity index (χ4n) is 1.91. The van der Waals surface area contributed by atoms with E-state index in [-0.39, 0.29) is 0 Å². The maximum absolute atomic E-state index is 9.16. The van der Waals surface area contributed by atoms with Crippen molar-refractivity contribution in [1.82, 2.24) is 0 Å². The quantitative estimate of drug-likeness (QED) is 0.725. The minimum absolute atomic E-state index is 0.466. The number of rotatable bonds is 0. The second-order valence-corrected chi connectivity index (χ2v) is 6.66. The Labute approximate surface area is 139 Å². The smallest absolute Gasteiger partial charge is 0.109 e. The molecule has 1 aliphatic rings. The number of allylic oxidation sites excluding steroid dienone is 2. The van der Waals surface area contributed by atoms with Crippen LogP contribution in [0.15, 0.2) is 34.1 Å². The van der Waals surface area contributed by atoms with Crippen molar-refractivity contribution in [1.29, 1.82) is 10.5 Å². The van der Waals surface area contributed by atoms with E-state index < -0.39 is 0 Å². The first kappa shape index (κ1) is 16.9. The van der Waals surface area contributed by atoms with Gasteiger partial charge in [-0.25, -0.2) is 0 Å². The first-order chi connectivity index (χ1) is 10.8. The van der Waals surface area contributed by atoms with Crippen molar-refractivity contribution in [2.75, 3.05) is 24.7 Å². The summed E-state index contributed by atoms with van der Waals surface area (Å²) in [5.74, 6) is 1.32. The largest absolute Gasteiger partial charge is 0.376 e. The predicted octanol–water partition coefficient (Wildman–Crippen LogP) is 3.46. The van der Waals surface area contributed by atoms with E-state index in [1.54, 1.807) is 0 Å². The third-order valence-electron chi connectivity index (χ3n) is 2.99. The zero-order valence-electron chi connectivity index (χ0n) is 12.1. The van der Waals surface area contributed by atoms with Crippen LogP contribution in [0, 0.1) is 22.7 Å². The molecule has 0 amide bonds. The minimum atomic E-state index is 0.466. The highest BCUT2D eigenvalue weighted by Gasteiger charge is 2.09. The van der Waals surface area contributed by atoms with E-state index in [0.717, 1.165) is 11.1 Å². The Balaban J connectivity index is 2.06. The normalized spacial score (nSPS) is 21.0. The van der Waals surface area contributed by atoms with Crippen molar-refractivity contribution < 1.29 is 9.47 Å². The standard InChI is InChI=1S/C16H16N2O2S2/c17-9-15-16(10-18)22-8-6-20-12-14-4-2-1-3-13(14)11-19-5-7-21-15/h1-4H,5-8,11-12H2/b16-15-. The van der Waals surface area contributed by atoms with Crippen LogP contribution in [0.5, 0.6) is 0 Å². The fraction of sp³-hybridized carbons (Fsp3) is 0.375. The van der Waals surface area contributed by atoms with Crippen LogP contribution in [0.3, 0.4) is 0 Å². The van der Waals surface area contributed by atoms with Gasteiger partial charge in [0.1, 0.15) is 21.9 Å². The molecule has 2 rings (SSSR count). The second-order valence-electron chi connectivity index (χ2n) is 4.45. The molecule has 22 heavy (non-hydrogen) atoms. The Kier molecular flexibility index (Phi) is 7.35. The van der Waals surface area contributed by atoms with Gasteiger partial charge in [0, 0.05) is 11.5 Å².